The summed E-state index contributed by atoms with van der Waals surface area (Å²) in [6.45, 7) is 0. The molecule has 0 radical (unpaired) electrons. The second-order valence-electron chi connectivity index (χ2n) is 5.62. The third kappa shape index (κ3) is 3.35. The molecule has 130 valence electrons. The van der Waals surface area contributed by atoms with Crippen LogP contribution in [0.1, 0.15) is 5.56 Å². The highest BCUT2D eigenvalue weighted by Crippen LogP contribution is 2.31. The van der Waals surface area contributed by atoms with Gasteiger partial charge in [-0.3, -0.25) is 4.79 Å². The number of urea groups is 1. The number of fused-ring (bicyclic) bond motifs is 1. The van der Waals surface area contributed by atoms with Crippen LogP contribution in [-0.2, 0) is 11.2 Å². The lowest BCUT2D eigenvalue weighted by Crippen LogP contribution is -2.20. The first-order chi connectivity index (χ1) is 12.0. The zero-order chi connectivity index (χ0) is 18.0. The standard InChI is InChI=1S/C18H19N3O4/c1-21-15-7-4-12(8-11(15)9-17(21)22)19-18(23)20-14-6-5-13(24-2)10-16(14)25-3/h4-8,10H,9H2,1-3H3,(H2,19,20,23). The first-order valence-electron chi connectivity index (χ1n) is 7.71. The molecule has 25 heavy (non-hydrogen) atoms. The van der Waals surface area contributed by atoms with Crippen LogP contribution in [0.4, 0.5) is 21.9 Å². The second-order valence-corrected chi connectivity index (χ2v) is 5.62. The van der Waals surface area contributed by atoms with E-state index in [2.05, 4.69) is 10.6 Å². The monoisotopic (exact) mass is 341 g/mol. The van der Waals surface area contributed by atoms with Gasteiger partial charge in [0.1, 0.15) is 11.5 Å². The molecule has 0 unspecified atom stereocenters. The van der Waals surface area contributed by atoms with Gasteiger partial charge in [-0.25, -0.2) is 4.79 Å². The molecule has 7 heteroatoms. The Balaban J connectivity index is 1.72. The molecule has 0 aliphatic carbocycles. The van der Waals surface area contributed by atoms with Crippen molar-refractivity contribution >= 4 is 29.0 Å². The van der Waals surface area contributed by atoms with E-state index in [1.54, 1.807) is 43.3 Å². The van der Waals surface area contributed by atoms with Gasteiger partial charge < -0.3 is 25.0 Å². The molecular weight excluding hydrogens is 322 g/mol. The fourth-order valence-electron chi connectivity index (χ4n) is 2.73. The Labute approximate surface area is 145 Å². The molecule has 0 saturated heterocycles. The van der Waals surface area contributed by atoms with E-state index in [0.717, 1.165) is 11.3 Å². The predicted octanol–water partition coefficient (Wildman–Crippen LogP) is 2.87. The van der Waals surface area contributed by atoms with E-state index < -0.39 is 6.03 Å². The van der Waals surface area contributed by atoms with Crippen LogP contribution < -0.4 is 25.0 Å². The molecule has 2 aromatic carbocycles. The summed E-state index contributed by atoms with van der Waals surface area (Å²) in [5.74, 6) is 1.17. The van der Waals surface area contributed by atoms with Crippen molar-refractivity contribution in [1.82, 2.24) is 0 Å². The van der Waals surface area contributed by atoms with Crippen LogP contribution >= 0.6 is 0 Å². The summed E-state index contributed by atoms with van der Waals surface area (Å²) in [6.07, 6.45) is 0.343. The Bertz CT molecular complexity index is 835. The number of carbonyl (C=O) groups excluding carboxylic acids is 2. The molecule has 3 rings (SSSR count). The van der Waals surface area contributed by atoms with Gasteiger partial charge in [0.15, 0.2) is 0 Å². The predicted molar refractivity (Wildman–Crippen MR) is 95.7 cm³/mol. The molecule has 0 atom stereocenters. The molecule has 2 aromatic rings. The van der Waals surface area contributed by atoms with Gasteiger partial charge in [0.2, 0.25) is 5.91 Å². The fraction of sp³-hybridized carbons (Fsp3) is 0.222. The summed E-state index contributed by atoms with van der Waals surface area (Å²) in [4.78, 5) is 25.6. The summed E-state index contributed by atoms with van der Waals surface area (Å²) in [6, 6.07) is 10.1. The van der Waals surface area contributed by atoms with Crippen molar-refractivity contribution in [2.24, 2.45) is 0 Å². The maximum absolute atomic E-state index is 12.2. The van der Waals surface area contributed by atoms with Crippen molar-refractivity contribution in [2.45, 2.75) is 6.42 Å². The lowest BCUT2D eigenvalue weighted by molar-refractivity contribution is -0.117. The average Bonchev–Trinajstić information content (AvgIpc) is 2.89. The minimum absolute atomic E-state index is 0.0413. The molecular formula is C18H19N3O4. The Morgan fingerprint density at radius 1 is 1.08 bits per heavy atom. The van der Waals surface area contributed by atoms with Crippen LogP contribution in [-0.4, -0.2) is 33.2 Å². The minimum Gasteiger partial charge on any atom is -0.497 e. The Morgan fingerprint density at radius 3 is 2.60 bits per heavy atom. The van der Waals surface area contributed by atoms with Gasteiger partial charge in [-0.2, -0.15) is 0 Å². The first kappa shape index (κ1) is 16.6. The number of ether oxygens (including phenoxy) is 2. The van der Waals surface area contributed by atoms with Crippen LogP contribution in [0, 0.1) is 0 Å². The number of methoxy groups -OCH3 is 2. The smallest absolute Gasteiger partial charge is 0.323 e. The van der Waals surface area contributed by atoms with Crippen molar-refractivity contribution in [2.75, 3.05) is 36.8 Å². The van der Waals surface area contributed by atoms with Gasteiger partial charge in [0, 0.05) is 24.5 Å². The van der Waals surface area contributed by atoms with Gasteiger partial charge in [-0.1, -0.05) is 0 Å². The Morgan fingerprint density at radius 2 is 1.88 bits per heavy atom. The van der Waals surface area contributed by atoms with Crippen LogP contribution in [0.5, 0.6) is 11.5 Å². The van der Waals surface area contributed by atoms with Crippen LogP contribution in [0.25, 0.3) is 0 Å². The summed E-state index contributed by atoms with van der Waals surface area (Å²) in [5.41, 5.74) is 2.91. The fourth-order valence-corrected chi connectivity index (χ4v) is 2.73. The van der Waals surface area contributed by atoms with E-state index in [1.807, 2.05) is 12.1 Å². The highest BCUT2D eigenvalue weighted by atomic mass is 16.5. The molecule has 0 saturated carbocycles. The zero-order valence-corrected chi connectivity index (χ0v) is 14.3. The SMILES string of the molecule is COc1ccc(NC(=O)Nc2ccc3c(c2)CC(=O)N3C)c(OC)c1. The molecule has 1 aliphatic heterocycles. The van der Waals surface area contributed by atoms with Gasteiger partial charge in [0.25, 0.3) is 0 Å². The summed E-state index contributed by atoms with van der Waals surface area (Å²) in [5, 5.41) is 5.50. The van der Waals surface area contributed by atoms with Gasteiger partial charge in [0.05, 0.1) is 26.3 Å². The van der Waals surface area contributed by atoms with Crippen molar-refractivity contribution in [3.8, 4) is 11.5 Å². The molecule has 0 spiro atoms. The van der Waals surface area contributed by atoms with Crippen molar-refractivity contribution in [1.29, 1.82) is 0 Å². The van der Waals surface area contributed by atoms with E-state index >= 15 is 0 Å². The van der Waals surface area contributed by atoms with Crippen LogP contribution in [0.2, 0.25) is 0 Å². The first-order valence-corrected chi connectivity index (χ1v) is 7.71. The van der Waals surface area contributed by atoms with E-state index in [4.69, 9.17) is 9.47 Å². The third-order valence-electron chi connectivity index (χ3n) is 4.07. The highest BCUT2D eigenvalue weighted by Gasteiger charge is 2.24. The van der Waals surface area contributed by atoms with Crippen molar-refractivity contribution in [3.63, 3.8) is 0 Å². The number of carbonyl (C=O) groups is 2. The Hall–Kier alpha value is -3.22. The minimum atomic E-state index is -0.402. The summed E-state index contributed by atoms with van der Waals surface area (Å²) in [7, 11) is 4.82. The van der Waals surface area contributed by atoms with Gasteiger partial charge in [-0.15, -0.1) is 0 Å². The molecule has 7 nitrogen and oxygen atoms in total. The Kier molecular flexibility index (Phi) is 4.47. The number of rotatable bonds is 4. The number of amides is 3. The number of hydrogen-bond acceptors (Lipinski definition) is 4. The number of nitrogens with one attached hydrogen (secondary N) is 2. The maximum Gasteiger partial charge on any atom is 0.323 e. The van der Waals surface area contributed by atoms with E-state index in [1.165, 1.54) is 7.11 Å². The number of anilines is 3. The van der Waals surface area contributed by atoms with Gasteiger partial charge >= 0.3 is 6.03 Å². The maximum atomic E-state index is 12.2. The number of benzene rings is 2. The lowest BCUT2D eigenvalue weighted by atomic mass is 10.1. The largest absolute Gasteiger partial charge is 0.497 e. The summed E-state index contributed by atoms with van der Waals surface area (Å²) >= 11 is 0. The average molecular weight is 341 g/mol. The van der Waals surface area contributed by atoms with Crippen LogP contribution in [0.3, 0.4) is 0 Å². The molecule has 1 heterocycles. The highest BCUT2D eigenvalue weighted by molar-refractivity contribution is 6.03. The number of likely N-dealkylation sites (N-methyl/N-ethyl adjacent to an activating group) is 1. The number of nitrogens with zero attached hydrogens (tertiary/aromatic N) is 1. The van der Waals surface area contributed by atoms with Crippen molar-refractivity contribution in [3.05, 3.63) is 42.0 Å². The van der Waals surface area contributed by atoms with Crippen molar-refractivity contribution < 1.29 is 19.1 Å². The quantitative estimate of drug-likeness (QED) is 0.896. The van der Waals surface area contributed by atoms with E-state index in [-0.39, 0.29) is 5.91 Å². The van der Waals surface area contributed by atoms with E-state index in [0.29, 0.717) is 29.3 Å². The molecule has 1 aliphatic rings. The summed E-state index contributed by atoms with van der Waals surface area (Å²) < 4.78 is 10.4. The lowest BCUT2D eigenvalue weighted by Gasteiger charge is -2.13. The molecule has 3 amide bonds. The second kappa shape index (κ2) is 6.72. The molecule has 0 bridgehead atoms. The van der Waals surface area contributed by atoms with E-state index in [9.17, 15) is 9.59 Å². The normalized spacial score (nSPS) is 12.6. The number of hydrogen-bond donors (Lipinski definition) is 2. The molecule has 0 aromatic heterocycles. The molecule has 0 fully saturated rings. The topological polar surface area (TPSA) is 79.9 Å². The third-order valence-corrected chi connectivity index (χ3v) is 4.07. The zero-order valence-electron chi connectivity index (χ0n) is 14.3. The van der Waals surface area contributed by atoms with Crippen LogP contribution in [0.15, 0.2) is 36.4 Å². The van der Waals surface area contributed by atoms with Gasteiger partial charge in [-0.05, 0) is 35.9 Å². The molecule has 2 N–H and O–H groups in total.